The Bertz CT molecular complexity index is 358. The van der Waals surface area contributed by atoms with E-state index in [2.05, 4.69) is 44.4 Å². The molecule has 1 nitrogen and oxygen atoms in total. The van der Waals surface area contributed by atoms with Gasteiger partial charge in [-0.05, 0) is 11.5 Å². The molecule has 0 aliphatic carbocycles. The van der Waals surface area contributed by atoms with Crippen LogP contribution in [0.1, 0.15) is 37.2 Å². The zero-order valence-corrected chi connectivity index (χ0v) is 12.9. The van der Waals surface area contributed by atoms with E-state index >= 15 is 0 Å². The molecule has 2 aliphatic heterocycles. The SMILES string of the molecule is C[N+]1(C)C2CCC1CC(c1ccccc1)C2.[I-]. The molecule has 0 N–H and O–H groups in total. The molecule has 3 rings (SSSR count). The van der Waals surface area contributed by atoms with Crippen molar-refractivity contribution in [3.8, 4) is 0 Å². The second-order valence-corrected chi connectivity index (χ2v) is 6.09. The molecule has 2 bridgehead atoms. The predicted octanol–water partition coefficient (Wildman–Crippen LogP) is 0.175. The summed E-state index contributed by atoms with van der Waals surface area (Å²) in [7, 11) is 4.87. The van der Waals surface area contributed by atoms with Crippen LogP contribution in [0, 0.1) is 0 Å². The molecular weight excluding hydrogens is 321 g/mol. The third kappa shape index (κ3) is 2.26. The van der Waals surface area contributed by atoms with Gasteiger partial charge in [0.05, 0.1) is 26.2 Å². The third-order valence-electron chi connectivity index (χ3n) is 5.10. The van der Waals surface area contributed by atoms with E-state index in [1.165, 1.54) is 30.2 Å². The highest BCUT2D eigenvalue weighted by molar-refractivity contribution is 5.20. The van der Waals surface area contributed by atoms with Gasteiger partial charge in [0, 0.05) is 25.7 Å². The summed E-state index contributed by atoms with van der Waals surface area (Å²) in [5, 5.41) is 0. The summed E-state index contributed by atoms with van der Waals surface area (Å²) >= 11 is 0. The van der Waals surface area contributed by atoms with Gasteiger partial charge in [-0.1, -0.05) is 30.3 Å². The van der Waals surface area contributed by atoms with Gasteiger partial charge in [0.15, 0.2) is 0 Å². The molecule has 0 radical (unpaired) electrons. The number of benzene rings is 1. The van der Waals surface area contributed by atoms with Crippen LogP contribution in [-0.2, 0) is 0 Å². The first-order chi connectivity index (χ1) is 7.68. The Morgan fingerprint density at radius 2 is 1.47 bits per heavy atom. The van der Waals surface area contributed by atoms with Crippen molar-refractivity contribution in [3.05, 3.63) is 35.9 Å². The number of hydrogen-bond acceptors (Lipinski definition) is 0. The fourth-order valence-corrected chi connectivity index (χ4v) is 3.88. The zero-order valence-electron chi connectivity index (χ0n) is 10.8. The van der Waals surface area contributed by atoms with Crippen molar-refractivity contribution in [1.29, 1.82) is 0 Å². The number of fused-ring (bicyclic) bond motifs is 2. The molecule has 1 aromatic carbocycles. The number of hydrogen-bond donors (Lipinski definition) is 0. The Morgan fingerprint density at radius 3 is 2.00 bits per heavy atom. The molecule has 0 saturated carbocycles. The van der Waals surface area contributed by atoms with Crippen LogP contribution in [0.4, 0.5) is 0 Å². The summed E-state index contributed by atoms with van der Waals surface area (Å²) in [5.41, 5.74) is 1.57. The van der Waals surface area contributed by atoms with Crippen LogP contribution in [0.5, 0.6) is 0 Å². The van der Waals surface area contributed by atoms with E-state index in [9.17, 15) is 0 Å². The molecule has 2 aliphatic rings. The Morgan fingerprint density at radius 1 is 0.941 bits per heavy atom. The van der Waals surface area contributed by atoms with E-state index in [1.54, 1.807) is 5.56 Å². The van der Waals surface area contributed by atoms with E-state index in [4.69, 9.17) is 0 Å². The van der Waals surface area contributed by atoms with Crippen LogP contribution in [0.15, 0.2) is 30.3 Å². The lowest BCUT2D eigenvalue weighted by molar-refractivity contribution is -0.930. The summed E-state index contributed by atoms with van der Waals surface area (Å²) in [6, 6.07) is 12.9. The molecule has 94 valence electrons. The second kappa shape index (κ2) is 4.88. The molecule has 2 unspecified atom stereocenters. The van der Waals surface area contributed by atoms with Crippen molar-refractivity contribution >= 4 is 0 Å². The highest BCUT2D eigenvalue weighted by Crippen LogP contribution is 2.45. The summed E-state index contributed by atoms with van der Waals surface area (Å²) in [6.07, 6.45) is 5.68. The number of halogens is 1. The van der Waals surface area contributed by atoms with Crippen molar-refractivity contribution in [1.82, 2.24) is 0 Å². The van der Waals surface area contributed by atoms with E-state index in [1.807, 2.05) is 0 Å². The molecule has 2 heteroatoms. The maximum absolute atomic E-state index is 2.43. The molecule has 2 heterocycles. The Balaban J connectivity index is 0.00000108. The maximum atomic E-state index is 2.43. The van der Waals surface area contributed by atoms with Gasteiger partial charge in [-0.2, -0.15) is 0 Å². The fraction of sp³-hybridized carbons (Fsp3) is 0.600. The summed E-state index contributed by atoms with van der Waals surface area (Å²) in [6.45, 7) is 0. The minimum atomic E-state index is 0. The molecule has 1 aromatic rings. The van der Waals surface area contributed by atoms with E-state index in [0.717, 1.165) is 18.0 Å². The average Bonchev–Trinajstić information content (AvgIpc) is 2.51. The summed E-state index contributed by atoms with van der Waals surface area (Å²) < 4.78 is 1.28. The van der Waals surface area contributed by atoms with Crippen LogP contribution < -0.4 is 24.0 Å². The number of piperidine rings is 1. The lowest BCUT2D eigenvalue weighted by Gasteiger charge is -2.44. The van der Waals surface area contributed by atoms with Crippen molar-refractivity contribution in [2.24, 2.45) is 0 Å². The van der Waals surface area contributed by atoms with Crippen LogP contribution in [-0.4, -0.2) is 30.7 Å². The maximum Gasteiger partial charge on any atom is 0.0896 e. The van der Waals surface area contributed by atoms with E-state index < -0.39 is 0 Å². The van der Waals surface area contributed by atoms with Gasteiger partial charge in [0.25, 0.3) is 0 Å². The molecule has 0 spiro atoms. The van der Waals surface area contributed by atoms with Gasteiger partial charge in [-0.25, -0.2) is 0 Å². The number of nitrogens with zero attached hydrogens (tertiary/aromatic N) is 1. The second-order valence-electron chi connectivity index (χ2n) is 6.09. The lowest BCUT2D eigenvalue weighted by Crippen LogP contribution is -3.00. The minimum Gasteiger partial charge on any atom is -1.00 e. The van der Waals surface area contributed by atoms with Crippen LogP contribution in [0.2, 0.25) is 0 Å². The monoisotopic (exact) mass is 343 g/mol. The Kier molecular flexibility index (Phi) is 3.83. The van der Waals surface area contributed by atoms with Gasteiger partial charge in [0.1, 0.15) is 0 Å². The fourth-order valence-electron chi connectivity index (χ4n) is 3.88. The van der Waals surface area contributed by atoms with Crippen molar-refractivity contribution < 1.29 is 28.5 Å². The smallest absolute Gasteiger partial charge is 0.0896 e. The molecule has 2 saturated heterocycles. The quantitative estimate of drug-likeness (QED) is 0.504. The first-order valence-corrected chi connectivity index (χ1v) is 6.56. The summed E-state index contributed by atoms with van der Waals surface area (Å²) in [4.78, 5) is 0. The lowest BCUT2D eigenvalue weighted by atomic mass is 9.84. The van der Waals surface area contributed by atoms with Crippen LogP contribution in [0.3, 0.4) is 0 Å². The predicted molar refractivity (Wildman–Crippen MR) is 67.3 cm³/mol. The minimum absolute atomic E-state index is 0. The third-order valence-corrected chi connectivity index (χ3v) is 5.10. The topological polar surface area (TPSA) is 0 Å². The first kappa shape index (κ1) is 13.3. The summed E-state index contributed by atoms with van der Waals surface area (Å²) in [5.74, 6) is 0.824. The molecule has 0 amide bonds. The van der Waals surface area contributed by atoms with Gasteiger partial charge in [0.2, 0.25) is 0 Å². The normalized spacial score (nSPS) is 34.1. The molecular formula is C15H22IN. The largest absolute Gasteiger partial charge is 1.00 e. The van der Waals surface area contributed by atoms with Crippen LogP contribution >= 0.6 is 0 Å². The van der Waals surface area contributed by atoms with Crippen LogP contribution in [0.25, 0.3) is 0 Å². The van der Waals surface area contributed by atoms with E-state index in [-0.39, 0.29) is 24.0 Å². The Labute approximate surface area is 122 Å². The highest BCUT2D eigenvalue weighted by atomic mass is 127. The van der Waals surface area contributed by atoms with Gasteiger partial charge in [-0.3, -0.25) is 0 Å². The number of quaternary nitrogens is 1. The number of rotatable bonds is 1. The van der Waals surface area contributed by atoms with Gasteiger partial charge >= 0.3 is 0 Å². The highest BCUT2D eigenvalue weighted by Gasteiger charge is 2.48. The van der Waals surface area contributed by atoms with Crippen molar-refractivity contribution in [2.75, 3.05) is 14.1 Å². The molecule has 2 atom stereocenters. The molecule has 2 fully saturated rings. The standard InChI is InChI=1S/C15H22N.HI/c1-16(2)14-8-9-15(16)11-13(10-14)12-6-4-3-5-7-12;/h3-7,13-15H,8-11H2,1-2H3;1H/q+1;/p-1. The van der Waals surface area contributed by atoms with E-state index in [0.29, 0.717) is 0 Å². The molecule has 0 aromatic heterocycles. The zero-order chi connectivity index (χ0) is 11.2. The first-order valence-electron chi connectivity index (χ1n) is 6.56. The van der Waals surface area contributed by atoms with Crippen molar-refractivity contribution in [3.63, 3.8) is 0 Å². The molecule has 17 heavy (non-hydrogen) atoms. The average molecular weight is 343 g/mol. The van der Waals surface area contributed by atoms with Crippen molar-refractivity contribution in [2.45, 2.75) is 43.7 Å². The van der Waals surface area contributed by atoms with Gasteiger partial charge < -0.3 is 28.5 Å². The van der Waals surface area contributed by atoms with Gasteiger partial charge in [-0.15, -0.1) is 0 Å². The Hall–Kier alpha value is -0.0900.